The summed E-state index contributed by atoms with van der Waals surface area (Å²) in [5.41, 5.74) is 17.6. The molecule has 8 rings (SSSR count). The van der Waals surface area contributed by atoms with E-state index in [4.69, 9.17) is 28.4 Å². The molecule has 0 fully saturated rings. The van der Waals surface area contributed by atoms with E-state index in [1.165, 1.54) is 0 Å². The van der Waals surface area contributed by atoms with Crippen LogP contribution in [0.3, 0.4) is 0 Å². The van der Waals surface area contributed by atoms with Crippen molar-refractivity contribution < 1.29 is 28.4 Å². The van der Waals surface area contributed by atoms with Gasteiger partial charge in [-0.15, -0.1) is 11.3 Å². The van der Waals surface area contributed by atoms with Gasteiger partial charge < -0.3 is 38.2 Å². The third-order valence-corrected chi connectivity index (χ3v) is 13.1. The molecule has 6 aromatic carbocycles. The number of benzene rings is 6. The number of methoxy groups -OCH3 is 4. The molecular formula is C54H56N2O6S. The summed E-state index contributed by atoms with van der Waals surface area (Å²) < 4.78 is 35.5. The average molecular weight is 861 g/mol. The zero-order chi connectivity index (χ0) is 44.7. The molecule has 0 saturated heterocycles. The molecule has 8 nitrogen and oxygen atoms in total. The molecule has 1 aromatic heterocycles. The summed E-state index contributed by atoms with van der Waals surface area (Å²) in [4.78, 5) is 6.79. The standard InChI is InChI=1S/C54H56N2O6S/c1-31-23-43(57-9)24-32(2)47(31)55(48-33(3)25-44(58-10)26-34(48)4)41-17-13-39(14-18-41)53-51-52(62-22-21-61-51)54(63-53)40-15-19-42(20-16-40)56(49-35(5)27-45(59-11)28-36(49)6)50-37(7)29-46(60-12)30-38(50)8/h13-20,23-30H,21-22H2,1-12H3. The molecule has 0 saturated carbocycles. The van der Waals surface area contributed by atoms with E-state index in [-0.39, 0.29) is 0 Å². The number of anilines is 6. The van der Waals surface area contributed by atoms with E-state index in [1.807, 2.05) is 0 Å². The van der Waals surface area contributed by atoms with Gasteiger partial charge in [0.15, 0.2) is 11.5 Å². The molecule has 9 heteroatoms. The van der Waals surface area contributed by atoms with Gasteiger partial charge in [0.25, 0.3) is 0 Å². The van der Waals surface area contributed by atoms with Gasteiger partial charge in [0.1, 0.15) is 36.2 Å². The van der Waals surface area contributed by atoms with Gasteiger partial charge in [-0.3, -0.25) is 0 Å². The second-order valence-electron chi connectivity index (χ2n) is 16.3. The van der Waals surface area contributed by atoms with Crippen LogP contribution in [-0.4, -0.2) is 41.7 Å². The van der Waals surface area contributed by atoms with E-state index in [0.717, 1.165) is 134 Å². The fraction of sp³-hybridized carbons (Fsp3) is 0.259. The molecule has 0 atom stereocenters. The third kappa shape index (κ3) is 8.02. The number of nitrogens with zero attached hydrogens (tertiary/aromatic N) is 2. The Morgan fingerprint density at radius 3 is 0.841 bits per heavy atom. The number of hydrogen-bond donors (Lipinski definition) is 0. The fourth-order valence-electron chi connectivity index (χ4n) is 9.14. The highest BCUT2D eigenvalue weighted by atomic mass is 32.1. The average Bonchev–Trinajstić information content (AvgIpc) is 3.66. The lowest BCUT2D eigenvalue weighted by atomic mass is 10.0. The van der Waals surface area contributed by atoms with Crippen molar-refractivity contribution in [3.63, 3.8) is 0 Å². The number of fused-ring (bicyclic) bond motifs is 1. The monoisotopic (exact) mass is 860 g/mol. The summed E-state index contributed by atoms with van der Waals surface area (Å²) >= 11 is 1.70. The van der Waals surface area contributed by atoms with Crippen LogP contribution < -0.4 is 38.2 Å². The highest BCUT2D eigenvalue weighted by Crippen LogP contribution is 2.55. The molecule has 324 valence electrons. The normalized spacial score (nSPS) is 11.9. The van der Waals surface area contributed by atoms with Crippen molar-refractivity contribution >= 4 is 45.5 Å². The summed E-state index contributed by atoms with van der Waals surface area (Å²) in [6.45, 7) is 18.1. The van der Waals surface area contributed by atoms with Crippen molar-refractivity contribution in [3.8, 4) is 55.4 Å². The lowest BCUT2D eigenvalue weighted by Crippen LogP contribution is -2.16. The Bertz CT molecular complexity index is 2420. The highest BCUT2D eigenvalue weighted by Gasteiger charge is 2.29. The van der Waals surface area contributed by atoms with Crippen molar-refractivity contribution in [2.45, 2.75) is 55.4 Å². The summed E-state index contributed by atoms with van der Waals surface area (Å²) in [6.07, 6.45) is 0. The van der Waals surface area contributed by atoms with Gasteiger partial charge in [0.05, 0.1) is 60.9 Å². The van der Waals surface area contributed by atoms with Crippen LogP contribution in [0.1, 0.15) is 44.5 Å². The second kappa shape index (κ2) is 17.7. The van der Waals surface area contributed by atoms with Crippen LogP contribution in [0.2, 0.25) is 0 Å². The summed E-state index contributed by atoms with van der Waals surface area (Å²) in [5, 5.41) is 0. The Balaban J connectivity index is 1.20. The first kappa shape index (κ1) is 43.1. The number of rotatable bonds is 12. The smallest absolute Gasteiger partial charge is 0.180 e. The van der Waals surface area contributed by atoms with Crippen molar-refractivity contribution in [1.29, 1.82) is 0 Å². The van der Waals surface area contributed by atoms with E-state index in [1.54, 1.807) is 39.8 Å². The molecular weight excluding hydrogens is 805 g/mol. The largest absolute Gasteiger partial charge is 0.497 e. The zero-order valence-electron chi connectivity index (χ0n) is 38.4. The van der Waals surface area contributed by atoms with Gasteiger partial charge in [-0.25, -0.2) is 0 Å². The Morgan fingerprint density at radius 1 is 0.381 bits per heavy atom. The molecule has 7 aromatic rings. The maximum Gasteiger partial charge on any atom is 0.180 e. The van der Waals surface area contributed by atoms with E-state index < -0.39 is 0 Å². The molecule has 0 radical (unpaired) electrons. The van der Waals surface area contributed by atoms with Gasteiger partial charge in [-0.1, -0.05) is 24.3 Å². The lowest BCUT2D eigenvalue weighted by molar-refractivity contribution is 0.175. The van der Waals surface area contributed by atoms with Crippen LogP contribution >= 0.6 is 11.3 Å². The van der Waals surface area contributed by atoms with Crippen LogP contribution in [0.5, 0.6) is 34.5 Å². The highest BCUT2D eigenvalue weighted by molar-refractivity contribution is 7.19. The second-order valence-corrected chi connectivity index (χ2v) is 17.3. The molecule has 63 heavy (non-hydrogen) atoms. The minimum Gasteiger partial charge on any atom is -0.497 e. The number of aryl methyl sites for hydroxylation is 8. The van der Waals surface area contributed by atoms with Crippen molar-refractivity contribution in [2.75, 3.05) is 51.5 Å². The Morgan fingerprint density at radius 2 is 0.619 bits per heavy atom. The first-order valence-corrected chi connectivity index (χ1v) is 22.0. The van der Waals surface area contributed by atoms with E-state index in [0.29, 0.717) is 13.2 Å². The van der Waals surface area contributed by atoms with Crippen LogP contribution in [0.25, 0.3) is 20.9 Å². The van der Waals surface area contributed by atoms with E-state index in [2.05, 4.69) is 162 Å². The van der Waals surface area contributed by atoms with Gasteiger partial charge >= 0.3 is 0 Å². The summed E-state index contributed by atoms with van der Waals surface area (Å²) in [5.74, 6) is 4.92. The van der Waals surface area contributed by atoms with Crippen molar-refractivity contribution in [2.24, 2.45) is 0 Å². The molecule has 0 unspecified atom stereocenters. The number of ether oxygens (including phenoxy) is 6. The zero-order valence-corrected chi connectivity index (χ0v) is 39.2. The minimum absolute atomic E-state index is 0.489. The van der Waals surface area contributed by atoms with Gasteiger partial charge in [0, 0.05) is 11.4 Å². The summed E-state index contributed by atoms with van der Waals surface area (Å²) in [7, 11) is 6.85. The Hall–Kier alpha value is -6.58. The molecule has 0 N–H and O–H groups in total. The van der Waals surface area contributed by atoms with Crippen molar-refractivity contribution in [3.05, 3.63) is 142 Å². The van der Waals surface area contributed by atoms with Crippen LogP contribution in [0, 0.1) is 55.4 Å². The van der Waals surface area contributed by atoms with E-state index in [9.17, 15) is 0 Å². The molecule has 2 heterocycles. The SMILES string of the molecule is COc1cc(C)c(N(c2ccc(-c3sc(-c4ccc(N(c5c(C)cc(OC)cc5C)c5c(C)cc(OC)cc5C)cc4)c4c3OCCO4)cc2)c2c(C)cc(OC)cc2C)c(C)c1. The maximum atomic E-state index is 6.42. The van der Waals surface area contributed by atoms with Crippen molar-refractivity contribution in [1.82, 2.24) is 0 Å². The molecule has 0 spiro atoms. The predicted molar refractivity (Wildman–Crippen MR) is 260 cm³/mol. The molecule has 0 bridgehead atoms. The third-order valence-electron chi connectivity index (χ3n) is 11.9. The Kier molecular flexibility index (Phi) is 12.1. The molecule has 0 aliphatic carbocycles. The maximum absolute atomic E-state index is 6.42. The Labute approximate surface area is 376 Å². The van der Waals surface area contributed by atoms with Crippen LogP contribution in [-0.2, 0) is 0 Å². The lowest BCUT2D eigenvalue weighted by Gasteiger charge is -2.32. The number of thiophene rings is 1. The topological polar surface area (TPSA) is 61.9 Å². The first-order chi connectivity index (χ1) is 30.3. The number of hydrogen-bond acceptors (Lipinski definition) is 9. The van der Waals surface area contributed by atoms with Gasteiger partial charge in [-0.2, -0.15) is 0 Å². The minimum atomic E-state index is 0.489. The predicted octanol–water partition coefficient (Wildman–Crippen LogP) is 14.3. The quantitative estimate of drug-likeness (QED) is 0.120. The molecule has 1 aliphatic rings. The molecule has 0 amide bonds. The van der Waals surface area contributed by atoms with Gasteiger partial charge in [-0.05, 0) is 184 Å². The molecule has 1 aliphatic heterocycles. The first-order valence-electron chi connectivity index (χ1n) is 21.2. The summed E-state index contributed by atoms with van der Waals surface area (Å²) in [6, 6.07) is 34.4. The fourth-order valence-corrected chi connectivity index (χ4v) is 10.3. The van der Waals surface area contributed by atoms with Crippen LogP contribution in [0.15, 0.2) is 97.1 Å². The van der Waals surface area contributed by atoms with Gasteiger partial charge in [0.2, 0.25) is 0 Å². The van der Waals surface area contributed by atoms with E-state index >= 15 is 0 Å². The van der Waals surface area contributed by atoms with Crippen LogP contribution in [0.4, 0.5) is 34.1 Å².